The molecule has 3 atom stereocenters. The zero-order valence-electron chi connectivity index (χ0n) is 13.3. The number of aliphatic hydroxyl groups excluding tert-OH is 1. The smallest absolute Gasteiger partial charge is 0.251 e. The molecule has 4 nitrogen and oxygen atoms in total. The van der Waals surface area contributed by atoms with Gasteiger partial charge in [0.15, 0.2) is 0 Å². The molecule has 22 heavy (non-hydrogen) atoms. The highest BCUT2D eigenvalue weighted by Gasteiger charge is 2.37. The highest BCUT2D eigenvalue weighted by molar-refractivity contribution is 5.95. The lowest BCUT2D eigenvalue weighted by atomic mass is 9.87. The fourth-order valence-electron chi connectivity index (χ4n) is 3.86. The van der Waals surface area contributed by atoms with Crippen LogP contribution in [0.25, 0.3) is 0 Å². The van der Waals surface area contributed by atoms with Crippen molar-refractivity contribution in [3.8, 4) is 0 Å². The van der Waals surface area contributed by atoms with Crippen LogP contribution in [0.15, 0.2) is 24.3 Å². The lowest BCUT2D eigenvalue weighted by molar-refractivity contribution is 0.00703. The number of carbonyl (C=O) groups excluding carboxylic acids is 1. The van der Waals surface area contributed by atoms with Gasteiger partial charge < -0.3 is 10.4 Å². The number of hydrogen-bond donors (Lipinski definition) is 2. The van der Waals surface area contributed by atoms with Crippen LogP contribution in [0.1, 0.15) is 48.0 Å². The third-order valence-corrected chi connectivity index (χ3v) is 5.14. The second-order valence-electron chi connectivity index (χ2n) is 6.63. The van der Waals surface area contributed by atoms with Crippen LogP contribution in [0.2, 0.25) is 0 Å². The summed E-state index contributed by atoms with van der Waals surface area (Å²) < 4.78 is 0. The van der Waals surface area contributed by atoms with Gasteiger partial charge >= 0.3 is 0 Å². The van der Waals surface area contributed by atoms with Crippen LogP contribution in [0.4, 0.5) is 0 Å². The second-order valence-corrected chi connectivity index (χ2v) is 6.63. The predicted octanol–water partition coefficient (Wildman–Crippen LogP) is 2.10. The fourth-order valence-corrected chi connectivity index (χ4v) is 3.86. The van der Waals surface area contributed by atoms with E-state index in [0.717, 1.165) is 37.9 Å². The summed E-state index contributed by atoms with van der Waals surface area (Å²) in [5.74, 6) is -0.0655. The van der Waals surface area contributed by atoms with Crippen molar-refractivity contribution < 1.29 is 9.90 Å². The van der Waals surface area contributed by atoms with E-state index in [4.69, 9.17) is 0 Å². The molecule has 120 valence electrons. The Balaban J connectivity index is 1.66. The van der Waals surface area contributed by atoms with E-state index in [1.165, 1.54) is 12.8 Å². The summed E-state index contributed by atoms with van der Waals surface area (Å²) in [6, 6.07) is 7.68. The van der Waals surface area contributed by atoms with Gasteiger partial charge in [-0.05, 0) is 63.7 Å². The first-order valence-corrected chi connectivity index (χ1v) is 8.45. The number of hydrogen-bond acceptors (Lipinski definition) is 3. The molecule has 2 fully saturated rings. The van der Waals surface area contributed by atoms with E-state index >= 15 is 0 Å². The highest BCUT2D eigenvalue weighted by Crippen LogP contribution is 2.27. The van der Waals surface area contributed by atoms with Gasteiger partial charge in [0.05, 0.1) is 12.1 Å². The van der Waals surface area contributed by atoms with E-state index in [0.29, 0.717) is 5.56 Å². The third-order valence-electron chi connectivity index (χ3n) is 5.14. The standard InChI is InChI=1S/C18H26N2O2/c1-13-7-2-3-8-14(13)18(22)19-15-9-6-10-16(17(15)21)20-11-4-5-12-20/h2-3,7-8,15-17,21H,4-6,9-12H2,1H3,(H,19,22)/t15-,16-,17-/m1/s1. The number of rotatable bonds is 3. The topological polar surface area (TPSA) is 52.6 Å². The minimum atomic E-state index is -0.459. The van der Waals surface area contributed by atoms with Gasteiger partial charge in [-0.2, -0.15) is 0 Å². The Morgan fingerprint density at radius 1 is 1.18 bits per heavy atom. The molecule has 4 heteroatoms. The zero-order valence-corrected chi connectivity index (χ0v) is 13.3. The lowest BCUT2D eigenvalue weighted by Crippen LogP contribution is -2.56. The number of nitrogens with one attached hydrogen (secondary N) is 1. The van der Waals surface area contributed by atoms with Crippen LogP contribution in [-0.4, -0.2) is 47.2 Å². The van der Waals surface area contributed by atoms with Crippen molar-refractivity contribution in [3.05, 3.63) is 35.4 Å². The van der Waals surface area contributed by atoms with Crippen LogP contribution >= 0.6 is 0 Å². The molecule has 1 aliphatic carbocycles. The number of nitrogens with zero attached hydrogens (tertiary/aromatic N) is 1. The average molecular weight is 302 g/mol. The molecule has 0 spiro atoms. The summed E-state index contributed by atoms with van der Waals surface area (Å²) in [7, 11) is 0. The van der Waals surface area contributed by atoms with E-state index in [-0.39, 0.29) is 18.0 Å². The first kappa shape index (κ1) is 15.5. The molecule has 2 aliphatic rings. The number of amides is 1. The summed E-state index contributed by atoms with van der Waals surface area (Å²) >= 11 is 0. The van der Waals surface area contributed by atoms with Crippen molar-refractivity contribution in [1.29, 1.82) is 0 Å². The van der Waals surface area contributed by atoms with E-state index in [2.05, 4.69) is 10.2 Å². The molecule has 0 bridgehead atoms. The number of carbonyl (C=O) groups is 1. The first-order chi connectivity index (χ1) is 10.7. The van der Waals surface area contributed by atoms with Crippen LogP contribution in [-0.2, 0) is 0 Å². The molecule has 1 aromatic carbocycles. The quantitative estimate of drug-likeness (QED) is 0.899. The Hall–Kier alpha value is -1.39. The van der Waals surface area contributed by atoms with Gasteiger partial charge in [0.1, 0.15) is 0 Å². The Kier molecular flexibility index (Phi) is 4.79. The van der Waals surface area contributed by atoms with Crippen molar-refractivity contribution in [1.82, 2.24) is 10.2 Å². The third kappa shape index (κ3) is 3.18. The Morgan fingerprint density at radius 3 is 2.64 bits per heavy atom. The molecule has 1 aliphatic heterocycles. The molecule has 1 saturated heterocycles. The molecule has 3 rings (SSSR count). The molecule has 1 saturated carbocycles. The summed E-state index contributed by atoms with van der Waals surface area (Å²) in [6.07, 6.45) is 4.96. The van der Waals surface area contributed by atoms with Gasteiger partial charge in [-0.15, -0.1) is 0 Å². The number of aliphatic hydroxyl groups is 1. The van der Waals surface area contributed by atoms with E-state index in [1.807, 2.05) is 31.2 Å². The maximum absolute atomic E-state index is 12.5. The van der Waals surface area contributed by atoms with Crippen molar-refractivity contribution in [3.63, 3.8) is 0 Å². The summed E-state index contributed by atoms with van der Waals surface area (Å²) in [5.41, 5.74) is 1.68. The number of likely N-dealkylation sites (tertiary alicyclic amines) is 1. The molecule has 1 aromatic rings. The van der Waals surface area contributed by atoms with Gasteiger partial charge in [0.2, 0.25) is 0 Å². The molecule has 1 amide bonds. The van der Waals surface area contributed by atoms with Gasteiger partial charge in [-0.25, -0.2) is 0 Å². The highest BCUT2D eigenvalue weighted by atomic mass is 16.3. The minimum absolute atomic E-state index is 0.0655. The Morgan fingerprint density at radius 2 is 1.91 bits per heavy atom. The molecule has 2 N–H and O–H groups in total. The molecular weight excluding hydrogens is 276 g/mol. The molecule has 0 radical (unpaired) electrons. The minimum Gasteiger partial charge on any atom is -0.389 e. The number of benzene rings is 1. The van der Waals surface area contributed by atoms with Crippen LogP contribution in [0.5, 0.6) is 0 Å². The van der Waals surface area contributed by atoms with Crippen molar-refractivity contribution in [2.24, 2.45) is 0 Å². The summed E-state index contributed by atoms with van der Waals surface area (Å²) in [5, 5.41) is 13.8. The second kappa shape index (κ2) is 6.80. The molecule has 1 heterocycles. The van der Waals surface area contributed by atoms with Gasteiger partial charge in [-0.3, -0.25) is 9.69 Å². The maximum Gasteiger partial charge on any atom is 0.251 e. The van der Waals surface area contributed by atoms with Crippen LogP contribution in [0, 0.1) is 6.92 Å². The largest absolute Gasteiger partial charge is 0.389 e. The van der Waals surface area contributed by atoms with Crippen LogP contribution < -0.4 is 5.32 Å². The van der Waals surface area contributed by atoms with E-state index in [9.17, 15) is 9.90 Å². The Labute approximate surface area is 132 Å². The average Bonchev–Trinajstić information content (AvgIpc) is 3.04. The van der Waals surface area contributed by atoms with Crippen LogP contribution in [0.3, 0.4) is 0 Å². The summed E-state index contributed by atoms with van der Waals surface area (Å²) in [6.45, 7) is 4.11. The maximum atomic E-state index is 12.5. The van der Waals surface area contributed by atoms with Crippen molar-refractivity contribution in [2.75, 3.05) is 13.1 Å². The first-order valence-electron chi connectivity index (χ1n) is 8.45. The van der Waals surface area contributed by atoms with Gasteiger partial charge in [-0.1, -0.05) is 18.2 Å². The summed E-state index contributed by atoms with van der Waals surface area (Å²) in [4.78, 5) is 14.9. The van der Waals surface area contributed by atoms with E-state index < -0.39 is 6.10 Å². The number of aryl methyl sites for hydroxylation is 1. The normalized spacial score (nSPS) is 29.5. The fraction of sp³-hybridized carbons (Fsp3) is 0.611. The monoisotopic (exact) mass is 302 g/mol. The predicted molar refractivity (Wildman–Crippen MR) is 86.9 cm³/mol. The van der Waals surface area contributed by atoms with Gasteiger partial charge in [0, 0.05) is 11.6 Å². The molecule has 0 aromatic heterocycles. The Bertz CT molecular complexity index is 526. The SMILES string of the molecule is Cc1ccccc1C(=O)N[C@@H]1CCC[C@@H](N2CCCC2)[C@@H]1O. The zero-order chi connectivity index (χ0) is 15.5. The lowest BCUT2D eigenvalue weighted by Gasteiger charge is -2.40. The van der Waals surface area contributed by atoms with Crippen molar-refractivity contribution in [2.45, 2.75) is 57.2 Å². The van der Waals surface area contributed by atoms with E-state index in [1.54, 1.807) is 0 Å². The molecular formula is C18H26N2O2. The van der Waals surface area contributed by atoms with Gasteiger partial charge in [0.25, 0.3) is 5.91 Å². The van der Waals surface area contributed by atoms with Crippen molar-refractivity contribution >= 4 is 5.91 Å². The molecule has 0 unspecified atom stereocenters.